The van der Waals surface area contributed by atoms with E-state index in [0.29, 0.717) is 0 Å². The summed E-state index contributed by atoms with van der Waals surface area (Å²) in [5.41, 5.74) is 8.81. The van der Waals surface area contributed by atoms with Crippen molar-refractivity contribution in [3.8, 4) is 0 Å². The average molecular weight is 209 g/mol. The molecule has 14 heavy (non-hydrogen) atoms. The second-order valence-corrected chi connectivity index (χ2v) is 3.29. The van der Waals surface area contributed by atoms with Crippen LogP contribution in [0.15, 0.2) is 42.5 Å². The van der Waals surface area contributed by atoms with Crippen LogP contribution in [0.1, 0.15) is 18.5 Å². The topological polar surface area (TPSA) is 23.8 Å². The van der Waals surface area contributed by atoms with Crippen molar-refractivity contribution in [1.82, 2.24) is 0 Å². The average Bonchev–Trinajstić information content (AvgIpc) is 2.17. The van der Waals surface area contributed by atoms with E-state index < -0.39 is 0 Å². The summed E-state index contributed by atoms with van der Waals surface area (Å²) in [6.07, 6.45) is 0. The van der Waals surface area contributed by atoms with Crippen LogP contribution in [0.3, 0.4) is 0 Å². The molecule has 2 rings (SSSR count). The van der Waals surface area contributed by atoms with Gasteiger partial charge in [-0.1, -0.05) is 55.0 Å². The molecule has 2 aromatic carbocycles. The molecule has 0 unspecified atom stereocenters. The third-order valence-electron chi connectivity index (χ3n) is 2.29. The van der Waals surface area contributed by atoms with E-state index in [1.54, 1.807) is 0 Å². The fraction of sp³-hybridized carbons (Fsp3) is 0.167. The summed E-state index contributed by atoms with van der Waals surface area (Å²) in [5, 5.41) is 2.42. The van der Waals surface area contributed by atoms with Gasteiger partial charge in [-0.25, -0.2) is 0 Å². The van der Waals surface area contributed by atoms with Crippen molar-refractivity contribution in [3.63, 3.8) is 0 Å². The summed E-state index contributed by atoms with van der Waals surface area (Å²) in [7, 11) is 0. The third kappa shape index (κ3) is 2.45. The van der Waals surface area contributed by atoms with Crippen LogP contribution in [-0.2, 0) is 0 Å². The zero-order valence-electron chi connectivity index (χ0n) is 8.62. The minimum absolute atomic E-state index is 0. The van der Waals surface area contributed by atoms with E-state index >= 15 is 0 Å². The quantitative estimate of drug-likeness (QED) is 0.625. The maximum Gasteiger partial charge on any atom is 1.00 e. The van der Waals surface area contributed by atoms with Crippen molar-refractivity contribution in [1.29, 1.82) is 0 Å². The molecule has 0 aliphatic rings. The molecule has 0 saturated heterocycles. The van der Waals surface area contributed by atoms with Gasteiger partial charge >= 0.3 is 51.4 Å². The number of fused-ring (bicyclic) bond motifs is 1. The van der Waals surface area contributed by atoms with E-state index in [1.807, 2.05) is 31.2 Å². The number of nitrogens with one attached hydrogen (secondary N) is 1. The Bertz CT molecular complexity index is 418. The summed E-state index contributed by atoms with van der Waals surface area (Å²) < 4.78 is 0. The predicted molar refractivity (Wildman–Crippen MR) is 56.7 cm³/mol. The zero-order valence-corrected chi connectivity index (χ0v) is 11.7. The third-order valence-corrected chi connectivity index (χ3v) is 2.29. The predicted octanol–water partition coefficient (Wildman–Crippen LogP) is 0.957. The van der Waals surface area contributed by atoms with Gasteiger partial charge in [0.05, 0.1) is 0 Å². The van der Waals surface area contributed by atoms with E-state index in [1.165, 1.54) is 10.8 Å². The van der Waals surface area contributed by atoms with Gasteiger partial charge in [-0.3, -0.25) is 0 Å². The normalized spacial score (nSPS) is 12.1. The maximum atomic E-state index is 7.70. The van der Waals surface area contributed by atoms with E-state index in [-0.39, 0.29) is 57.4 Å². The van der Waals surface area contributed by atoms with E-state index in [0.717, 1.165) is 5.56 Å². The molecule has 0 amide bonds. The second-order valence-electron chi connectivity index (χ2n) is 3.29. The van der Waals surface area contributed by atoms with E-state index in [9.17, 15) is 0 Å². The monoisotopic (exact) mass is 209 g/mol. The fourth-order valence-corrected chi connectivity index (χ4v) is 1.63. The fourth-order valence-electron chi connectivity index (χ4n) is 1.63. The summed E-state index contributed by atoms with van der Waals surface area (Å²) in [4.78, 5) is 0. The van der Waals surface area contributed by atoms with Gasteiger partial charge in [0.1, 0.15) is 0 Å². The Morgan fingerprint density at radius 1 is 1.00 bits per heavy atom. The van der Waals surface area contributed by atoms with Gasteiger partial charge < -0.3 is 5.73 Å². The molecule has 1 nitrogen and oxygen atoms in total. The van der Waals surface area contributed by atoms with Gasteiger partial charge in [0.15, 0.2) is 0 Å². The molecule has 2 heteroatoms. The molecule has 0 saturated carbocycles. The van der Waals surface area contributed by atoms with Crippen LogP contribution in [0.25, 0.3) is 16.5 Å². The molecule has 0 spiro atoms. The molecule has 1 N–H and O–H groups in total. The molecular weight excluding hydrogens is 197 g/mol. The minimum atomic E-state index is -0.147. The summed E-state index contributed by atoms with van der Waals surface area (Å²) in [6, 6.07) is 14.2. The molecule has 2 aromatic rings. The molecule has 1 atom stereocenters. The van der Waals surface area contributed by atoms with Gasteiger partial charge in [0.25, 0.3) is 0 Å². The van der Waals surface area contributed by atoms with Crippen LogP contribution >= 0.6 is 0 Å². The Hall–Kier alpha value is 0.296. The molecule has 0 fully saturated rings. The van der Waals surface area contributed by atoms with E-state index in [4.69, 9.17) is 5.73 Å². The van der Waals surface area contributed by atoms with Crippen LogP contribution in [-0.4, -0.2) is 0 Å². The molecule has 0 heterocycles. The number of hydrogen-bond acceptors (Lipinski definition) is 0. The van der Waals surface area contributed by atoms with Crippen LogP contribution in [0.5, 0.6) is 0 Å². The smallest absolute Gasteiger partial charge is 0.671 e. The molecule has 66 valence electrons. The number of hydrogen-bond donors (Lipinski definition) is 0. The number of benzene rings is 2. The van der Waals surface area contributed by atoms with Crippen LogP contribution < -0.4 is 51.4 Å². The van der Waals surface area contributed by atoms with Gasteiger partial charge in [-0.05, 0) is 10.8 Å². The Labute approximate surface area is 127 Å². The first-order valence-electron chi connectivity index (χ1n) is 4.48. The Morgan fingerprint density at radius 3 is 2.36 bits per heavy atom. The van der Waals surface area contributed by atoms with Gasteiger partial charge in [0, 0.05) is 0 Å². The molecule has 0 bridgehead atoms. The summed E-state index contributed by atoms with van der Waals surface area (Å²) in [6.45, 7) is 1.90. The first-order valence-corrected chi connectivity index (χ1v) is 4.48. The summed E-state index contributed by atoms with van der Waals surface area (Å²) >= 11 is 0. The van der Waals surface area contributed by atoms with Gasteiger partial charge in [-0.2, -0.15) is 0 Å². The summed E-state index contributed by atoms with van der Waals surface area (Å²) in [5.74, 6) is 0. The first kappa shape index (κ1) is 12.4. The Kier molecular flexibility index (Phi) is 4.77. The molecule has 0 radical (unpaired) electrons. The number of rotatable bonds is 1. The standard InChI is InChI=1S/C12H12N.K/c1-9(13)11-8-4-6-10-5-2-3-7-12(10)11;/h2-9,13H,1H3;/q-1;+1/t9-;/m0./s1. The van der Waals surface area contributed by atoms with Gasteiger partial charge in [-0.15, -0.1) is 6.04 Å². The van der Waals surface area contributed by atoms with Crippen molar-refractivity contribution in [2.24, 2.45) is 0 Å². The Balaban J connectivity index is 0.000000980. The van der Waals surface area contributed by atoms with Crippen molar-refractivity contribution in [2.45, 2.75) is 13.0 Å². The Morgan fingerprint density at radius 2 is 1.64 bits per heavy atom. The molecular formula is C12H12KN. The molecule has 0 aliphatic carbocycles. The molecule has 0 aliphatic heterocycles. The van der Waals surface area contributed by atoms with Crippen molar-refractivity contribution in [2.75, 3.05) is 0 Å². The first-order chi connectivity index (χ1) is 6.29. The SMILES string of the molecule is C[C@H]([NH-])c1cccc2ccccc12.[K+]. The van der Waals surface area contributed by atoms with Crippen molar-refractivity contribution in [3.05, 3.63) is 53.8 Å². The van der Waals surface area contributed by atoms with Crippen LogP contribution in [0.4, 0.5) is 0 Å². The maximum absolute atomic E-state index is 7.70. The second kappa shape index (κ2) is 5.40. The van der Waals surface area contributed by atoms with Crippen molar-refractivity contribution < 1.29 is 51.4 Å². The van der Waals surface area contributed by atoms with Crippen LogP contribution in [0, 0.1) is 0 Å². The van der Waals surface area contributed by atoms with Crippen molar-refractivity contribution >= 4 is 10.8 Å². The zero-order chi connectivity index (χ0) is 9.26. The van der Waals surface area contributed by atoms with E-state index in [2.05, 4.69) is 18.2 Å². The molecule has 0 aromatic heterocycles. The minimum Gasteiger partial charge on any atom is -0.671 e. The van der Waals surface area contributed by atoms with Crippen LogP contribution in [0.2, 0.25) is 0 Å². The van der Waals surface area contributed by atoms with Gasteiger partial charge in [0.2, 0.25) is 0 Å². The largest absolute Gasteiger partial charge is 1.00 e.